The molecule has 0 radical (unpaired) electrons. The fourth-order valence-corrected chi connectivity index (χ4v) is 6.34. The molecule has 8 nitrogen and oxygen atoms in total. The number of piperidine rings is 3. The second kappa shape index (κ2) is 9.75. The minimum absolute atomic E-state index is 0.0967. The lowest BCUT2D eigenvalue weighted by atomic mass is 9.71. The number of anilines is 1. The second-order valence-electron chi connectivity index (χ2n) is 10.7. The number of nitriles is 1. The Balaban J connectivity index is 1.37. The average Bonchev–Trinajstić information content (AvgIpc) is 3.64. The Morgan fingerprint density at radius 2 is 2.05 bits per heavy atom. The molecule has 3 amide bonds. The molecule has 11 heteroatoms. The van der Waals surface area contributed by atoms with Gasteiger partial charge in [0, 0.05) is 35.6 Å². The Kier molecular flexibility index (Phi) is 6.77. The highest BCUT2D eigenvalue weighted by Gasteiger charge is 2.64. The zero-order chi connectivity index (χ0) is 26.4. The van der Waals surface area contributed by atoms with Gasteiger partial charge in [-0.05, 0) is 63.1 Å². The summed E-state index contributed by atoms with van der Waals surface area (Å²) in [5.41, 5.74) is -0.340. The molecule has 1 aromatic carbocycles. The summed E-state index contributed by atoms with van der Waals surface area (Å²) in [5.74, 6) is -6.17. The van der Waals surface area contributed by atoms with Gasteiger partial charge < -0.3 is 20.9 Å². The van der Waals surface area contributed by atoms with Crippen molar-refractivity contribution >= 4 is 35.0 Å². The molecule has 5 atom stereocenters. The lowest BCUT2D eigenvalue weighted by molar-refractivity contribution is -0.195. The molecule has 2 saturated carbocycles. The summed E-state index contributed by atoms with van der Waals surface area (Å²) in [5, 5.41) is 18.7. The van der Waals surface area contributed by atoms with Crippen molar-refractivity contribution in [2.45, 2.75) is 81.0 Å². The maximum atomic E-state index is 15.0. The van der Waals surface area contributed by atoms with Crippen molar-refractivity contribution in [1.29, 1.82) is 5.26 Å². The van der Waals surface area contributed by atoms with Gasteiger partial charge in [0.05, 0.1) is 12.0 Å². The van der Waals surface area contributed by atoms with Crippen LogP contribution in [0.2, 0.25) is 5.02 Å². The number of nitrogens with one attached hydrogen (secondary N) is 3. The third-order valence-corrected chi connectivity index (χ3v) is 8.43. The largest absolute Gasteiger partial charge is 0.371 e. The van der Waals surface area contributed by atoms with Crippen LogP contribution in [0.3, 0.4) is 0 Å². The average molecular weight is 534 g/mol. The van der Waals surface area contributed by atoms with E-state index in [2.05, 4.69) is 16.0 Å². The normalized spacial score (nSPS) is 30.0. The zero-order valence-corrected chi connectivity index (χ0v) is 21.1. The number of hydrogen-bond donors (Lipinski definition) is 3. The first-order valence-corrected chi connectivity index (χ1v) is 13.2. The molecule has 5 aliphatic rings. The van der Waals surface area contributed by atoms with E-state index in [1.807, 2.05) is 6.07 Å². The van der Waals surface area contributed by atoms with Crippen molar-refractivity contribution in [3.05, 3.63) is 29.3 Å². The molecule has 5 fully saturated rings. The predicted octanol–water partition coefficient (Wildman–Crippen LogP) is 3.22. The highest BCUT2D eigenvalue weighted by Crippen LogP contribution is 2.52. The molecule has 0 aromatic heterocycles. The van der Waals surface area contributed by atoms with Crippen molar-refractivity contribution in [2.24, 2.45) is 11.8 Å². The van der Waals surface area contributed by atoms with Gasteiger partial charge in [0.1, 0.15) is 17.6 Å². The smallest absolute Gasteiger partial charge is 0.255 e. The van der Waals surface area contributed by atoms with E-state index in [1.165, 1.54) is 4.90 Å². The van der Waals surface area contributed by atoms with Gasteiger partial charge in [-0.2, -0.15) is 5.26 Å². The Morgan fingerprint density at radius 3 is 2.70 bits per heavy atom. The summed E-state index contributed by atoms with van der Waals surface area (Å²) in [4.78, 5) is 40.9. The second-order valence-corrected chi connectivity index (χ2v) is 11.2. The van der Waals surface area contributed by atoms with Crippen molar-refractivity contribution in [3.63, 3.8) is 0 Å². The van der Waals surface area contributed by atoms with Crippen LogP contribution in [0.5, 0.6) is 0 Å². The molecule has 3 saturated heterocycles. The van der Waals surface area contributed by atoms with Crippen molar-refractivity contribution in [2.75, 3.05) is 11.9 Å². The van der Waals surface area contributed by atoms with Crippen LogP contribution >= 0.6 is 11.6 Å². The van der Waals surface area contributed by atoms with E-state index in [4.69, 9.17) is 11.6 Å². The van der Waals surface area contributed by atoms with Gasteiger partial charge in [0.2, 0.25) is 17.7 Å². The number of fused-ring (bicyclic) bond motifs is 3. The van der Waals surface area contributed by atoms with Crippen molar-refractivity contribution < 1.29 is 23.2 Å². The number of benzene rings is 1. The van der Waals surface area contributed by atoms with E-state index in [0.717, 1.165) is 6.42 Å². The SMILES string of the molecule is N#C[C@H](C[C@@H]1CCCNC1=O)NC(=O)[C@@H]1[C@@H]2CC[C@@H](CC2(F)F)N1C(=O)C1(Nc2cccc(Cl)c2)CC1. The van der Waals surface area contributed by atoms with Crippen LogP contribution in [0.4, 0.5) is 14.5 Å². The van der Waals surface area contributed by atoms with Crippen molar-refractivity contribution in [1.82, 2.24) is 15.5 Å². The standard InChI is InChI=1S/C26H30ClF2N5O3/c27-16-4-1-5-17(12-16)33-25(8-9-25)24(37)34-19-6-7-20(26(28,29)13-19)21(34)23(36)32-18(14-30)11-15-3-2-10-31-22(15)35/h1,4-5,12,15,18-21,33H,2-3,6-11,13H2,(H,31,35)(H,32,36)/t15-,18-,19-,20-,21-/m0/s1. The van der Waals surface area contributed by atoms with E-state index in [9.17, 15) is 19.6 Å². The molecule has 37 heavy (non-hydrogen) atoms. The monoisotopic (exact) mass is 533 g/mol. The molecule has 1 aromatic rings. The molecular weight excluding hydrogens is 504 g/mol. The molecule has 2 bridgehead atoms. The summed E-state index contributed by atoms with van der Waals surface area (Å²) in [6.45, 7) is 0.571. The van der Waals surface area contributed by atoms with Crippen LogP contribution < -0.4 is 16.0 Å². The number of nitrogens with zero attached hydrogens (tertiary/aromatic N) is 2. The summed E-state index contributed by atoms with van der Waals surface area (Å²) in [7, 11) is 0. The molecule has 2 aliphatic carbocycles. The lowest BCUT2D eigenvalue weighted by Gasteiger charge is -2.54. The number of amides is 3. The maximum absolute atomic E-state index is 15.0. The molecule has 3 N–H and O–H groups in total. The number of rotatable bonds is 7. The molecule has 3 heterocycles. The van der Waals surface area contributed by atoms with Crippen LogP contribution in [0.15, 0.2) is 24.3 Å². The Morgan fingerprint density at radius 1 is 1.27 bits per heavy atom. The number of halogens is 3. The fraction of sp³-hybridized carbons (Fsp3) is 0.615. The van der Waals surface area contributed by atoms with E-state index in [1.54, 1.807) is 24.3 Å². The lowest BCUT2D eigenvalue weighted by Crippen LogP contribution is -2.70. The Bertz CT molecular complexity index is 1140. The quantitative estimate of drug-likeness (QED) is 0.498. The summed E-state index contributed by atoms with van der Waals surface area (Å²) < 4.78 is 30.1. The molecule has 0 spiro atoms. The van der Waals surface area contributed by atoms with Crippen molar-refractivity contribution in [3.8, 4) is 6.07 Å². The van der Waals surface area contributed by atoms with Gasteiger partial charge in [0.25, 0.3) is 5.92 Å². The van der Waals surface area contributed by atoms with E-state index < -0.39 is 53.8 Å². The third kappa shape index (κ3) is 4.98. The number of hydrogen-bond acceptors (Lipinski definition) is 5. The molecule has 0 unspecified atom stereocenters. The Hall–Kier alpha value is -2.93. The highest BCUT2D eigenvalue weighted by atomic mass is 35.5. The van der Waals surface area contributed by atoms with Crippen LogP contribution in [-0.4, -0.2) is 58.8 Å². The highest BCUT2D eigenvalue weighted by molar-refractivity contribution is 6.30. The van der Waals surface area contributed by atoms with Gasteiger partial charge >= 0.3 is 0 Å². The molecular formula is C26H30ClF2N5O3. The zero-order valence-electron chi connectivity index (χ0n) is 20.3. The maximum Gasteiger partial charge on any atom is 0.255 e. The first kappa shape index (κ1) is 25.7. The van der Waals surface area contributed by atoms with E-state index in [0.29, 0.717) is 42.9 Å². The molecule has 6 rings (SSSR count). The summed E-state index contributed by atoms with van der Waals surface area (Å²) >= 11 is 6.09. The summed E-state index contributed by atoms with van der Waals surface area (Å²) in [6, 6.07) is 5.75. The first-order valence-electron chi connectivity index (χ1n) is 12.9. The van der Waals surface area contributed by atoms with Gasteiger partial charge in [-0.25, -0.2) is 8.78 Å². The summed E-state index contributed by atoms with van der Waals surface area (Å²) in [6.07, 6.45) is 2.51. The minimum Gasteiger partial charge on any atom is -0.371 e. The number of carbonyl (C=O) groups excluding carboxylic acids is 3. The van der Waals surface area contributed by atoms with Gasteiger partial charge in [-0.1, -0.05) is 17.7 Å². The molecule has 3 aliphatic heterocycles. The van der Waals surface area contributed by atoms with Gasteiger partial charge in [0.15, 0.2) is 0 Å². The van der Waals surface area contributed by atoms with Crippen LogP contribution in [0.1, 0.15) is 51.4 Å². The number of alkyl halides is 2. The Labute approximate surface area is 219 Å². The van der Waals surface area contributed by atoms with E-state index >= 15 is 8.78 Å². The topological polar surface area (TPSA) is 114 Å². The third-order valence-electron chi connectivity index (χ3n) is 8.20. The van der Waals surface area contributed by atoms with E-state index in [-0.39, 0.29) is 24.7 Å². The van der Waals surface area contributed by atoms with Crippen LogP contribution in [0.25, 0.3) is 0 Å². The first-order chi connectivity index (χ1) is 17.6. The fourth-order valence-electron chi connectivity index (χ4n) is 6.15. The van der Waals surface area contributed by atoms with Crippen LogP contribution in [0, 0.1) is 23.2 Å². The van der Waals surface area contributed by atoms with Crippen LogP contribution in [-0.2, 0) is 14.4 Å². The van der Waals surface area contributed by atoms with Gasteiger partial charge in [-0.15, -0.1) is 0 Å². The number of carbonyl (C=O) groups is 3. The molecule has 198 valence electrons. The minimum atomic E-state index is -3.09. The predicted molar refractivity (Wildman–Crippen MR) is 132 cm³/mol. The van der Waals surface area contributed by atoms with Gasteiger partial charge in [-0.3, -0.25) is 14.4 Å².